The minimum Gasteiger partial charge on any atom is -0.548 e. The van der Waals surface area contributed by atoms with Crippen LogP contribution < -0.4 is 10.4 Å². The third-order valence-electron chi connectivity index (χ3n) is 3.66. The van der Waals surface area contributed by atoms with Gasteiger partial charge in [-0.25, -0.2) is 0 Å². The molecule has 2 aromatic carbocycles. The molecule has 0 saturated carbocycles. The average molecular weight is 396 g/mol. The number of nitrogens with one attached hydrogen (secondary N) is 1. The summed E-state index contributed by atoms with van der Waals surface area (Å²) in [5.41, 5.74) is 0.531. The van der Waals surface area contributed by atoms with Crippen LogP contribution in [0, 0.1) is 11.8 Å². The lowest BCUT2D eigenvalue weighted by atomic mass is 10.0. The first-order valence-corrected chi connectivity index (χ1v) is 9.90. The van der Waals surface area contributed by atoms with Crippen LogP contribution in [0.5, 0.6) is 0 Å². The van der Waals surface area contributed by atoms with E-state index in [2.05, 4.69) is 17.2 Å². The molecular formula is C22H22NO4S-. The van der Waals surface area contributed by atoms with Crippen LogP contribution in [-0.4, -0.2) is 34.4 Å². The minimum absolute atomic E-state index is 0.181. The van der Waals surface area contributed by atoms with Crippen molar-refractivity contribution in [2.45, 2.75) is 31.2 Å². The van der Waals surface area contributed by atoms with Gasteiger partial charge >= 0.3 is 0 Å². The van der Waals surface area contributed by atoms with Gasteiger partial charge in [0.05, 0.1) is 17.6 Å². The first-order chi connectivity index (χ1) is 13.3. The van der Waals surface area contributed by atoms with Crippen LogP contribution in [0.1, 0.15) is 35.3 Å². The molecule has 28 heavy (non-hydrogen) atoms. The van der Waals surface area contributed by atoms with Crippen molar-refractivity contribution in [1.82, 2.24) is 5.32 Å². The summed E-state index contributed by atoms with van der Waals surface area (Å²) in [6.45, 7) is 3.08. The molecule has 0 heterocycles. The van der Waals surface area contributed by atoms with Crippen LogP contribution in [-0.2, 0) is 10.5 Å². The predicted molar refractivity (Wildman–Crippen MR) is 108 cm³/mol. The van der Waals surface area contributed by atoms with E-state index in [9.17, 15) is 19.8 Å². The number of hydrogen-bond donors (Lipinski definition) is 2. The van der Waals surface area contributed by atoms with E-state index < -0.39 is 23.5 Å². The molecule has 1 atom stereocenters. The molecule has 6 heteroatoms. The largest absolute Gasteiger partial charge is 0.548 e. The Kier molecular flexibility index (Phi) is 7.68. The van der Waals surface area contributed by atoms with E-state index in [4.69, 9.17) is 0 Å². The van der Waals surface area contributed by atoms with E-state index in [0.717, 1.165) is 5.56 Å². The summed E-state index contributed by atoms with van der Waals surface area (Å²) >= 11 is 1.40. The van der Waals surface area contributed by atoms with Gasteiger partial charge in [0.25, 0.3) is 5.91 Å². The Balaban J connectivity index is 2.06. The zero-order valence-electron chi connectivity index (χ0n) is 15.8. The first kappa shape index (κ1) is 21.5. The van der Waals surface area contributed by atoms with E-state index in [0.29, 0.717) is 11.3 Å². The highest BCUT2D eigenvalue weighted by Gasteiger charge is 2.17. The molecule has 1 amide bonds. The molecular weight excluding hydrogens is 374 g/mol. The van der Waals surface area contributed by atoms with Crippen molar-refractivity contribution >= 4 is 23.6 Å². The summed E-state index contributed by atoms with van der Waals surface area (Å²) < 4.78 is 0. The molecule has 0 fully saturated rings. The van der Waals surface area contributed by atoms with E-state index in [-0.39, 0.29) is 11.3 Å². The molecule has 2 N–H and O–H groups in total. The van der Waals surface area contributed by atoms with Crippen molar-refractivity contribution in [1.29, 1.82) is 0 Å². The standard InChI is InChI=1S/C22H23NO4S/c1-22(2,27)13-12-17-10-6-7-11-18(17)20(24)23-19(21(25)26)15-28-14-16-8-4-3-5-9-16/h3-11,19,27H,14-15H2,1-2H3,(H,23,24)(H,25,26)/p-1/t19-/m0/s1. The maximum Gasteiger partial charge on any atom is 0.253 e. The fraction of sp³-hybridized carbons (Fsp3) is 0.273. The summed E-state index contributed by atoms with van der Waals surface area (Å²) in [6, 6.07) is 15.1. The van der Waals surface area contributed by atoms with Gasteiger partial charge < -0.3 is 20.3 Å². The van der Waals surface area contributed by atoms with Crippen LogP contribution in [0.2, 0.25) is 0 Å². The smallest absolute Gasteiger partial charge is 0.253 e. The van der Waals surface area contributed by atoms with Crippen molar-refractivity contribution in [2.24, 2.45) is 0 Å². The molecule has 2 aromatic rings. The number of carboxylic acid groups (broad SMARTS) is 1. The Bertz CT molecular complexity index is 879. The van der Waals surface area contributed by atoms with Gasteiger partial charge in [-0.05, 0) is 31.5 Å². The van der Waals surface area contributed by atoms with E-state index in [1.807, 2.05) is 30.3 Å². The summed E-state index contributed by atoms with van der Waals surface area (Å²) in [4.78, 5) is 24.0. The quantitative estimate of drug-likeness (QED) is 0.694. The number of carbonyl (C=O) groups excluding carboxylic acids is 2. The zero-order valence-corrected chi connectivity index (χ0v) is 16.6. The molecule has 0 aliphatic carbocycles. The Morgan fingerprint density at radius 2 is 1.79 bits per heavy atom. The molecule has 5 nitrogen and oxygen atoms in total. The number of benzene rings is 2. The number of carboxylic acids is 1. The van der Waals surface area contributed by atoms with E-state index in [1.165, 1.54) is 11.8 Å². The Labute approximate surface area is 169 Å². The van der Waals surface area contributed by atoms with Crippen molar-refractivity contribution in [3.63, 3.8) is 0 Å². The molecule has 0 bridgehead atoms. The fourth-order valence-corrected chi connectivity index (χ4v) is 3.29. The minimum atomic E-state index is -1.34. The second-order valence-electron chi connectivity index (χ2n) is 6.70. The number of rotatable bonds is 7. The van der Waals surface area contributed by atoms with Crippen LogP contribution in [0.15, 0.2) is 54.6 Å². The molecule has 0 saturated heterocycles. The molecule has 0 unspecified atom stereocenters. The third-order valence-corrected chi connectivity index (χ3v) is 4.77. The predicted octanol–water partition coefficient (Wildman–Crippen LogP) is 1.59. The van der Waals surface area contributed by atoms with Gasteiger partial charge in [0, 0.05) is 17.1 Å². The highest BCUT2D eigenvalue weighted by atomic mass is 32.2. The van der Waals surface area contributed by atoms with Gasteiger partial charge in [-0.1, -0.05) is 54.3 Å². The summed E-state index contributed by atoms with van der Waals surface area (Å²) in [6.07, 6.45) is 0. The second-order valence-corrected chi connectivity index (χ2v) is 7.73. The number of amides is 1. The highest BCUT2D eigenvalue weighted by Crippen LogP contribution is 2.14. The van der Waals surface area contributed by atoms with Gasteiger partial charge in [-0.3, -0.25) is 4.79 Å². The summed E-state index contributed by atoms with van der Waals surface area (Å²) in [7, 11) is 0. The summed E-state index contributed by atoms with van der Waals surface area (Å²) in [5, 5.41) is 23.7. The number of aliphatic carboxylic acids is 1. The lowest BCUT2D eigenvalue weighted by Crippen LogP contribution is -2.49. The first-order valence-electron chi connectivity index (χ1n) is 8.74. The molecule has 0 spiro atoms. The molecule has 0 aliphatic heterocycles. The van der Waals surface area contributed by atoms with Gasteiger partial charge in [0.1, 0.15) is 5.60 Å². The van der Waals surface area contributed by atoms with E-state index in [1.54, 1.807) is 38.1 Å². The SMILES string of the molecule is CC(C)(O)C#Cc1ccccc1C(=O)N[C@@H](CSCc1ccccc1)C(=O)[O-]. The maximum absolute atomic E-state index is 12.6. The topological polar surface area (TPSA) is 89.5 Å². The van der Waals surface area contributed by atoms with Crippen LogP contribution >= 0.6 is 11.8 Å². The van der Waals surface area contributed by atoms with Crippen molar-refractivity contribution in [3.8, 4) is 11.8 Å². The number of aliphatic hydroxyl groups is 1. The molecule has 0 aromatic heterocycles. The lowest BCUT2D eigenvalue weighted by Gasteiger charge is -2.20. The van der Waals surface area contributed by atoms with Gasteiger partial charge in [-0.2, -0.15) is 11.8 Å². The zero-order chi connectivity index (χ0) is 20.6. The van der Waals surface area contributed by atoms with Gasteiger partial charge in [0.15, 0.2) is 0 Å². The Morgan fingerprint density at radius 1 is 1.14 bits per heavy atom. The monoisotopic (exact) mass is 396 g/mol. The average Bonchev–Trinajstić information content (AvgIpc) is 2.66. The van der Waals surface area contributed by atoms with Crippen LogP contribution in [0.4, 0.5) is 0 Å². The number of hydrogen-bond acceptors (Lipinski definition) is 5. The van der Waals surface area contributed by atoms with Gasteiger partial charge in [-0.15, -0.1) is 0 Å². The van der Waals surface area contributed by atoms with Crippen molar-refractivity contribution in [3.05, 3.63) is 71.3 Å². The lowest BCUT2D eigenvalue weighted by molar-refractivity contribution is -0.307. The third kappa shape index (κ3) is 7.10. The molecule has 0 radical (unpaired) electrons. The highest BCUT2D eigenvalue weighted by molar-refractivity contribution is 7.98. The molecule has 0 aliphatic rings. The summed E-state index contributed by atoms with van der Waals surface area (Å²) in [5.74, 6) is 4.36. The molecule has 146 valence electrons. The Hall–Kier alpha value is -2.75. The number of carbonyl (C=O) groups is 2. The Morgan fingerprint density at radius 3 is 2.43 bits per heavy atom. The maximum atomic E-state index is 12.6. The van der Waals surface area contributed by atoms with E-state index >= 15 is 0 Å². The fourth-order valence-electron chi connectivity index (χ4n) is 2.28. The van der Waals surface area contributed by atoms with Crippen LogP contribution in [0.3, 0.4) is 0 Å². The second kappa shape index (κ2) is 9.98. The van der Waals surface area contributed by atoms with Crippen molar-refractivity contribution < 1.29 is 19.8 Å². The number of thioether (sulfide) groups is 1. The normalized spacial score (nSPS) is 11.8. The van der Waals surface area contributed by atoms with Crippen LogP contribution in [0.25, 0.3) is 0 Å². The van der Waals surface area contributed by atoms with Crippen molar-refractivity contribution in [2.75, 3.05) is 5.75 Å². The van der Waals surface area contributed by atoms with Gasteiger partial charge in [0.2, 0.25) is 0 Å². The molecule has 2 rings (SSSR count).